The number of nitrogens with two attached hydrogens (primary N) is 1. The largest absolute Gasteiger partial charge is 0.439 e. The van der Waals surface area contributed by atoms with Crippen molar-refractivity contribution in [3.8, 4) is 11.6 Å². The van der Waals surface area contributed by atoms with E-state index in [1.807, 2.05) is 6.92 Å². The van der Waals surface area contributed by atoms with Gasteiger partial charge in [-0.15, -0.1) is 0 Å². The van der Waals surface area contributed by atoms with E-state index in [1.165, 1.54) is 0 Å². The lowest BCUT2D eigenvalue weighted by Gasteiger charge is -2.26. The summed E-state index contributed by atoms with van der Waals surface area (Å²) in [5, 5.41) is 6.21. The van der Waals surface area contributed by atoms with Crippen LogP contribution in [0.25, 0.3) is 0 Å². The zero-order chi connectivity index (χ0) is 18.6. The van der Waals surface area contributed by atoms with Crippen LogP contribution in [-0.2, 0) is 4.79 Å². The molecule has 0 aliphatic carbocycles. The van der Waals surface area contributed by atoms with Crippen molar-refractivity contribution in [1.82, 2.24) is 10.3 Å². The molecule has 1 aliphatic heterocycles. The van der Waals surface area contributed by atoms with Gasteiger partial charge in [-0.3, -0.25) is 9.59 Å². The Balaban J connectivity index is 1.66. The first kappa shape index (κ1) is 17.9. The van der Waals surface area contributed by atoms with E-state index in [0.29, 0.717) is 22.9 Å². The van der Waals surface area contributed by atoms with Crippen molar-refractivity contribution in [2.45, 2.75) is 31.7 Å². The summed E-state index contributed by atoms with van der Waals surface area (Å²) in [6, 6.07) is 9.95. The van der Waals surface area contributed by atoms with E-state index in [-0.39, 0.29) is 5.91 Å². The predicted molar refractivity (Wildman–Crippen MR) is 98.2 cm³/mol. The molecule has 1 saturated heterocycles. The number of benzene rings is 1. The molecule has 1 unspecified atom stereocenters. The van der Waals surface area contributed by atoms with Gasteiger partial charge in [0.25, 0.3) is 0 Å². The van der Waals surface area contributed by atoms with Crippen molar-refractivity contribution in [2.75, 3.05) is 11.9 Å². The maximum Gasteiger partial charge on any atom is 0.248 e. The lowest BCUT2D eigenvalue weighted by Crippen LogP contribution is -2.50. The highest BCUT2D eigenvalue weighted by atomic mass is 16.5. The van der Waals surface area contributed by atoms with Crippen LogP contribution in [0.1, 0.15) is 36.5 Å². The molecular formula is C19H22N4O3. The minimum absolute atomic E-state index is 0.0397. The summed E-state index contributed by atoms with van der Waals surface area (Å²) >= 11 is 0. The number of nitrogens with one attached hydrogen (secondary N) is 2. The Morgan fingerprint density at radius 1 is 1.35 bits per heavy atom. The highest BCUT2D eigenvalue weighted by molar-refractivity contribution is 5.98. The van der Waals surface area contributed by atoms with E-state index in [0.717, 1.165) is 25.8 Å². The molecule has 2 heterocycles. The average Bonchev–Trinajstić information content (AvgIpc) is 3.14. The standard InChI is InChI=1S/C19H22N4O3/c1-2-19(9-4-10-22-19)18(25)23-14-7-8-16(21-12-14)26-15-6-3-5-13(11-15)17(20)24/h3,5-8,11-12,22H,2,4,9-10H2,1H3,(H2,20,24)(H,23,25). The van der Waals surface area contributed by atoms with Gasteiger partial charge < -0.3 is 21.1 Å². The molecular weight excluding hydrogens is 332 g/mol. The number of ether oxygens (including phenoxy) is 1. The third kappa shape index (κ3) is 3.83. The van der Waals surface area contributed by atoms with Crippen LogP contribution in [0.5, 0.6) is 11.6 Å². The van der Waals surface area contributed by atoms with Gasteiger partial charge in [0.15, 0.2) is 0 Å². The molecule has 1 fully saturated rings. The van der Waals surface area contributed by atoms with E-state index in [2.05, 4.69) is 15.6 Å². The first-order valence-electron chi connectivity index (χ1n) is 8.63. The molecule has 0 radical (unpaired) electrons. The van der Waals surface area contributed by atoms with E-state index in [9.17, 15) is 9.59 Å². The zero-order valence-corrected chi connectivity index (χ0v) is 14.6. The maximum atomic E-state index is 12.6. The maximum absolute atomic E-state index is 12.6. The third-order valence-electron chi connectivity index (χ3n) is 4.62. The fourth-order valence-corrected chi connectivity index (χ4v) is 3.06. The van der Waals surface area contributed by atoms with Gasteiger partial charge in [-0.25, -0.2) is 4.98 Å². The van der Waals surface area contributed by atoms with Crippen molar-refractivity contribution in [1.29, 1.82) is 0 Å². The Kier molecular flexibility index (Phi) is 5.18. The molecule has 0 spiro atoms. The smallest absolute Gasteiger partial charge is 0.248 e. The number of carbonyl (C=O) groups is 2. The summed E-state index contributed by atoms with van der Waals surface area (Å²) in [7, 11) is 0. The van der Waals surface area contributed by atoms with E-state index >= 15 is 0 Å². The number of pyridine rings is 1. The molecule has 2 amide bonds. The molecule has 26 heavy (non-hydrogen) atoms. The van der Waals surface area contributed by atoms with Crippen molar-refractivity contribution >= 4 is 17.5 Å². The van der Waals surface area contributed by atoms with Crippen molar-refractivity contribution in [2.24, 2.45) is 5.73 Å². The van der Waals surface area contributed by atoms with Crippen LogP contribution in [0.3, 0.4) is 0 Å². The normalized spacial score (nSPS) is 19.1. The molecule has 7 nitrogen and oxygen atoms in total. The fraction of sp³-hybridized carbons (Fsp3) is 0.316. The lowest BCUT2D eigenvalue weighted by molar-refractivity contribution is -0.122. The Morgan fingerprint density at radius 2 is 2.19 bits per heavy atom. The Hall–Kier alpha value is -2.93. The highest BCUT2D eigenvalue weighted by Gasteiger charge is 2.39. The van der Waals surface area contributed by atoms with Crippen LogP contribution in [0.15, 0.2) is 42.6 Å². The van der Waals surface area contributed by atoms with Crippen molar-refractivity contribution < 1.29 is 14.3 Å². The molecule has 1 aliphatic rings. The number of carbonyl (C=O) groups excluding carboxylic acids is 2. The molecule has 0 saturated carbocycles. The van der Waals surface area contributed by atoms with Gasteiger partial charge in [0, 0.05) is 11.6 Å². The summed E-state index contributed by atoms with van der Waals surface area (Å²) in [4.78, 5) is 28.0. The summed E-state index contributed by atoms with van der Waals surface area (Å²) in [5.74, 6) is 0.258. The summed E-state index contributed by atoms with van der Waals surface area (Å²) in [6.45, 7) is 2.87. The van der Waals surface area contributed by atoms with Gasteiger partial charge in [-0.05, 0) is 50.1 Å². The number of aromatic nitrogens is 1. The fourth-order valence-electron chi connectivity index (χ4n) is 3.06. The number of hydrogen-bond acceptors (Lipinski definition) is 5. The van der Waals surface area contributed by atoms with Crippen molar-refractivity contribution in [3.63, 3.8) is 0 Å². The minimum atomic E-state index is -0.521. The predicted octanol–water partition coefficient (Wildman–Crippen LogP) is 2.44. The van der Waals surface area contributed by atoms with Crippen molar-refractivity contribution in [3.05, 3.63) is 48.2 Å². The Morgan fingerprint density at radius 3 is 2.81 bits per heavy atom. The molecule has 4 N–H and O–H groups in total. The highest BCUT2D eigenvalue weighted by Crippen LogP contribution is 2.26. The van der Waals surface area contributed by atoms with Crippen LogP contribution >= 0.6 is 0 Å². The molecule has 7 heteroatoms. The number of primary amides is 1. The van der Waals surface area contributed by atoms with Crippen LogP contribution in [0, 0.1) is 0 Å². The molecule has 1 aromatic carbocycles. The van der Waals surface area contributed by atoms with E-state index < -0.39 is 11.4 Å². The van der Waals surface area contributed by atoms with Gasteiger partial charge in [-0.1, -0.05) is 13.0 Å². The molecule has 2 aromatic rings. The zero-order valence-electron chi connectivity index (χ0n) is 14.6. The van der Waals surface area contributed by atoms with E-state index in [1.54, 1.807) is 42.6 Å². The monoisotopic (exact) mass is 354 g/mol. The van der Waals surface area contributed by atoms with Crippen LogP contribution in [-0.4, -0.2) is 28.9 Å². The van der Waals surface area contributed by atoms with Crippen LogP contribution < -0.4 is 21.1 Å². The number of anilines is 1. The summed E-state index contributed by atoms with van der Waals surface area (Å²) < 4.78 is 5.63. The van der Waals surface area contributed by atoms with Crippen LogP contribution in [0.4, 0.5) is 5.69 Å². The van der Waals surface area contributed by atoms with Gasteiger partial charge in [-0.2, -0.15) is 0 Å². The van der Waals surface area contributed by atoms with Gasteiger partial charge >= 0.3 is 0 Å². The number of rotatable bonds is 6. The average molecular weight is 354 g/mol. The third-order valence-corrected chi connectivity index (χ3v) is 4.62. The topological polar surface area (TPSA) is 106 Å². The molecule has 1 atom stereocenters. The van der Waals surface area contributed by atoms with Crippen LogP contribution in [0.2, 0.25) is 0 Å². The quantitative estimate of drug-likeness (QED) is 0.739. The molecule has 3 rings (SSSR count). The second-order valence-corrected chi connectivity index (χ2v) is 6.30. The Bertz CT molecular complexity index is 799. The molecule has 0 bridgehead atoms. The Labute approximate surface area is 151 Å². The summed E-state index contributed by atoms with van der Waals surface area (Å²) in [6.07, 6.45) is 4.12. The second kappa shape index (κ2) is 7.53. The summed E-state index contributed by atoms with van der Waals surface area (Å²) in [5.41, 5.74) is 5.73. The lowest BCUT2D eigenvalue weighted by atomic mass is 9.93. The first-order valence-corrected chi connectivity index (χ1v) is 8.63. The minimum Gasteiger partial charge on any atom is -0.439 e. The van der Waals surface area contributed by atoms with Gasteiger partial charge in [0.05, 0.1) is 17.4 Å². The molecule has 136 valence electrons. The second-order valence-electron chi connectivity index (χ2n) is 6.30. The SMILES string of the molecule is CCC1(C(=O)Nc2ccc(Oc3cccc(C(N)=O)c3)nc2)CCCN1. The van der Waals surface area contributed by atoms with Gasteiger partial charge in [0.1, 0.15) is 5.75 Å². The first-order chi connectivity index (χ1) is 12.5. The number of amides is 2. The number of hydrogen-bond donors (Lipinski definition) is 3. The number of nitrogens with zero attached hydrogens (tertiary/aromatic N) is 1. The van der Waals surface area contributed by atoms with Gasteiger partial charge in [0.2, 0.25) is 17.7 Å². The van der Waals surface area contributed by atoms with E-state index in [4.69, 9.17) is 10.5 Å². The molecule has 1 aromatic heterocycles.